The van der Waals surface area contributed by atoms with Crippen molar-refractivity contribution in [1.29, 1.82) is 0 Å². The van der Waals surface area contributed by atoms with Gasteiger partial charge in [0.15, 0.2) is 5.76 Å². The van der Waals surface area contributed by atoms with E-state index in [2.05, 4.69) is 4.98 Å². The Balaban J connectivity index is 2.22. The topological polar surface area (TPSA) is 52.0 Å². The van der Waals surface area contributed by atoms with E-state index < -0.39 is 0 Å². The maximum atomic E-state index is 13.0. The van der Waals surface area contributed by atoms with E-state index in [-0.39, 0.29) is 5.82 Å². The maximum Gasteiger partial charge on any atom is 0.155 e. The van der Waals surface area contributed by atoms with Gasteiger partial charge in [-0.1, -0.05) is 0 Å². The third kappa shape index (κ3) is 1.63. The molecule has 0 amide bonds. The highest BCUT2D eigenvalue weighted by Crippen LogP contribution is 2.29. The molecular weight excluding hydrogens is 219 g/mol. The minimum Gasteiger partial charge on any atom is -0.454 e. The van der Waals surface area contributed by atoms with Crippen molar-refractivity contribution in [2.24, 2.45) is 0 Å². The Hall–Kier alpha value is -2.36. The van der Waals surface area contributed by atoms with Crippen LogP contribution in [0.15, 0.2) is 47.0 Å². The monoisotopic (exact) mass is 228 g/mol. The van der Waals surface area contributed by atoms with Crippen molar-refractivity contribution in [2.45, 2.75) is 0 Å². The van der Waals surface area contributed by atoms with Crippen molar-refractivity contribution >= 4 is 16.7 Å². The third-order valence-corrected chi connectivity index (χ3v) is 2.55. The molecule has 0 aliphatic rings. The summed E-state index contributed by atoms with van der Waals surface area (Å²) < 4.78 is 18.6. The predicted molar refractivity (Wildman–Crippen MR) is 63.8 cm³/mol. The Morgan fingerprint density at radius 2 is 2.06 bits per heavy atom. The number of anilines is 1. The minimum absolute atomic E-state index is 0.293. The van der Waals surface area contributed by atoms with Crippen LogP contribution in [0.25, 0.3) is 22.4 Å². The Morgan fingerprint density at radius 1 is 1.18 bits per heavy atom. The first-order valence-electron chi connectivity index (χ1n) is 5.14. The van der Waals surface area contributed by atoms with Crippen molar-refractivity contribution in [3.63, 3.8) is 0 Å². The number of aromatic nitrogens is 1. The predicted octanol–water partition coefficient (Wildman–Crippen LogP) is 3.22. The molecule has 0 saturated heterocycles. The molecule has 0 saturated carbocycles. The second kappa shape index (κ2) is 3.59. The van der Waals surface area contributed by atoms with Gasteiger partial charge in [0.25, 0.3) is 0 Å². The number of nitrogens with zero attached hydrogens (tertiary/aromatic N) is 1. The fraction of sp³-hybridized carbons (Fsp3) is 0. The lowest BCUT2D eigenvalue weighted by Crippen LogP contribution is -1.90. The Morgan fingerprint density at radius 3 is 2.88 bits per heavy atom. The smallest absolute Gasteiger partial charge is 0.155 e. The molecule has 3 rings (SSSR count). The van der Waals surface area contributed by atoms with Gasteiger partial charge in [0.2, 0.25) is 0 Å². The van der Waals surface area contributed by atoms with Crippen molar-refractivity contribution in [1.82, 2.24) is 4.98 Å². The summed E-state index contributed by atoms with van der Waals surface area (Å²) in [7, 11) is 0. The van der Waals surface area contributed by atoms with Crippen LogP contribution in [0.4, 0.5) is 10.1 Å². The van der Waals surface area contributed by atoms with Crippen molar-refractivity contribution in [2.75, 3.05) is 5.73 Å². The number of halogens is 1. The first kappa shape index (κ1) is 9.84. The number of nitrogen functional groups attached to an aromatic ring is 1. The van der Waals surface area contributed by atoms with Gasteiger partial charge in [-0.25, -0.2) is 4.39 Å². The van der Waals surface area contributed by atoms with E-state index in [9.17, 15) is 4.39 Å². The van der Waals surface area contributed by atoms with Crippen LogP contribution in [0.5, 0.6) is 0 Å². The second-order valence-corrected chi connectivity index (χ2v) is 3.73. The van der Waals surface area contributed by atoms with E-state index >= 15 is 0 Å². The van der Waals surface area contributed by atoms with Crippen LogP contribution in [0.3, 0.4) is 0 Å². The Bertz CT molecular complexity index is 691. The molecule has 0 unspecified atom stereocenters. The molecule has 0 radical (unpaired) electrons. The molecule has 0 aliphatic carbocycles. The highest BCUT2D eigenvalue weighted by Gasteiger charge is 2.10. The molecule has 3 nitrogen and oxygen atoms in total. The normalized spacial score (nSPS) is 10.9. The molecule has 0 aliphatic heterocycles. The summed E-state index contributed by atoms with van der Waals surface area (Å²) in [4.78, 5) is 4.15. The van der Waals surface area contributed by atoms with Gasteiger partial charge in [-0.05, 0) is 36.4 Å². The molecule has 2 aromatic heterocycles. The fourth-order valence-corrected chi connectivity index (χ4v) is 1.75. The van der Waals surface area contributed by atoms with Crippen molar-refractivity contribution in [3.05, 3.63) is 48.4 Å². The number of hydrogen-bond donors (Lipinski definition) is 1. The largest absolute Gasteiger partial charge is 0.454 e. The van der Waals surface area contributed by atoms with Crippen LogP contribution >= 0.6 is 0 Å². The van der Waals surface area contributed by atoms with Gasteiger partial charge in [0.05, 0.1) is 5.69 Å². The van der Waals surface area contributed by atoms with Crippen LogP contribution in [0.1, 0.15) is 0 Å². The van der Waals surface area contributed by atoms with Gasteiger partial charge >= 0.3 is 0 Å². The van der Waals surface area contributed by atoms with Crippen molar-refractivity contribution < 1.29 is 8.81 Å². The second-order valence-electron chi connectivity index (χ2n) is 3.73. The van der Waals surface area contributed by atoms with Crippen LogP contribution in [0, 0.1) is 5.82 Å². The average molecular weight is 228 g/mol. The lowest BCUT2D eigenvalue weighted by Gasteiger charge is -1.98. The number of fused-ring (bicyclic) bond motifs is 1. The van der Waals surface area contributed by atoms with Gasteiger partial charge < -0.3 is 10.2 Å². The van der Waals surface area contributed by atoms with E-state index in [0.717, 1.165) is 0 Å². The van der Waals surface area contributed by atoms with E-state index in [1.807, 2.05) is 0 Å². The first-order valence-corrected chi connectivity index (χ1v) is 5.14. The highest BCUT2D eigenvalue weighted by molar-refractivity contribution is 5.84. The molecule has 4 heteroatoms. The minimum atomic E-state index is -0.293. The number of furan rings is 1. The SMILES string of the molecule is Nc1cccnc1-c1cc2cc(F)ccc2o1. The maximum absolute atomic E-state index is 13.0. The van der Waals surface area contributed by atoms with Crippen LogP contribution in [0.2, 0.25) is 0 Å². The summed E-state index contributed by atoms with van der Waals surface area (Å²) in [5.74, 6) is 0.252. The quantitative estimate of drug-likeness (QED) is 0.695. The fourth-order valence-electron chi connectivity index (χ4n) is 1.75. The number of pyridine rings is 1. The Labute approximate surface area is 96.7 Å². The molecule has 84 valence electrons. The van der Waals surface area contributed by atoms with E-state index in [1.54, 1.807) is 30.5 Å². The van der Waals surface area contributed by atoms with Crippen molar-refractivity contribution in [3.8, 4) is 11.5 Å². The zero-order valence-corrected chi connectivity index (χ0v) is 8.85. The van der Waals surface area contributed by atoms with Crippen LogP contribution in [-0.4, -0.2) is 4.98 Å². The number of nitrogens with two attached hydrogens (primary N) is 1. The van der Waals surface area contributed by atoms with E-state index in [0.29, 0.717) is 28.1 Å². The first-order chi connectivity index (χ1) is 8.24. The molecule has 17 heavy (non-hydrogen) atoms. The molecule has 0 atom stereocenters. The zero-order valence-electron chi connectivity index (χ0n) is 8.85. The molecule has 0 fully saturated rings. The highest BCUT2D eigenvalue weighted by atomic mass is 19.1. The average Bonchev–Trinajstić information content (AvgIpc) is 2.72. The molecule has 2 N–H and O–H groups in total. The van der Waals surface area contributed by atoms with Gasteiger partial charge in [0.1, 0.15) is 17.1 Å². The van der Waals surface area contributed by atoms with Crippen LogP contribution in [-0.2, 0) is 0 Å². The molecule has 0 spiro atoms. The Kier molecular flexibility index (Phi) is 2.08. The lowest BCUT2D eigenvalue weighted by molar-refractivity contribution is 0.618. The van der Waals surface area contributed by atoms with E-state index in [1.165, 1.54) is 12.1 Å². The number of hydrogen-bond acceptors (Lipinski definition) is 3. The summed E-state index contributed by atoms with van der Waals surface area (Å²) in [6, 6.07) is 9.60. The summed E-state index contributed by atoms with van der Waals surface area (Å²) in [5, 5.41) is 0.699. The summed E-state index contributed by atoms with van der Waals surface area (Å²) in [6.45, 7) is 0. The molecule has 2 heterocycles. The third-order valence-electron chi connectivity index (χ3n) is 2.55. The summed E-state index contributed by atoms with van der Waals surface area (Å²) >= 11 is 0. The molecule has 0 bridgehead atoms. The standard InChI is InChI=1S/C13H9FN2O/c14-9-3-4-11-8(6-9)7-12(17-11)13-10(15)2-1-5-16-13/h1-7H,15H2. The van der Waals surface area contributed by atoms with Gasteiger partial charge in [-0.3, -0.25) is 4.98 Å². The van der Waals surface area contributed by atoms with Gasteiger partial charge in [0, 0.05) is 11.6 Å². The lowest BCUT2D eigenvalue weighted by atomic mass is 10.2. The van der Waals surface area contributed by atoms with E-state index in [4.69, 9.17) is 10.2 Å². The van der Waals surface area contributed by atoms with Gasteiger partial charge in [-0.15, -0.1) is 0 Å². The van der Waals surface area contributed by atoms with Crippen LogP contribution < -0.4 is 5.73 Å². The number of benzene rings is 1. The summed E-state index contributed by atoms with van der Waals surface area (Å²) in [5.41, 5.74) is 7.53. The number of rotatable bonds is 1. The summed E-state index contributed by atoms with van der Waals surface area (Å²) in [6.07, 6.45) is 1.64. The zero-order chi connectivity index (χ0) is 11.8. The van der Waals surface area contributed by atoms with Gasteiger partial charge in [-0.2, -0.15) is 0 Å². The molecule has 1 aromatic carbocycles. The molecular formula is C13H9FN2O. The molecule has 3 aromatic rings.